The lowest BCUT2D eigenvalue weighted by molar-refractivity contribution is -0.125. The number of rotatable bonds is 7. The molecule has 1 fully saturated rings. The molecule has 4 rings (SSSR count). The Balaban J connectivity index is 1.52. The van der Waals surface area contributed by atoms with Crippen LogP contribution in [0.15, 0.2) is 96.6 Å². The van der Waals surface area contributed by atoms with E-state index < -0.39 is 47.8 Å². The molecule has 3 amide bonds. The summed E-state index contributed by atoms with van der Waals surface area (Å²) in [6.07, 6.45) is -1.92. The first-order valence-corrected chi connectivity index (χ1v) is 11.5. The number of hydrogen-bond acceptors (Lipinski definition) is 7. The van der Waals surface area contributed by atoms with Crippen molar-refractivity contribution in [3.05, 3.63) is 113 Å². The molecule has 1 aliphatic rings. The molecular formula is C28H24N2O7. The highest BCUT2D eigenvalue weighted by Gasteiger charge is 2.49. The van der Waals surface area contributed by atoms with E-state index in [1.807, 2.05) is 6.07 Å². The summed E-state index contributed by atoms with van der Waals surface area (Å²) < 4.78 is 10.4. The summed E-state index contributed by atoms with van der Waals surface area (Å²) in [5.41, 5.74) is 1.10. The molecule has 0 aliphatic carbocycles. The second kappa shape index (κ2) is 11.7. The van der Waals surface area contributed by atoms with Gasteiger partial charge in [-0.1, -0.05) is 91.0 Å². The maximum absolute atomic E-state index is 13.2. The van der Waals surface area contributed by atoms with Gasteiger partial charge >= 0.3 is 12.2 Å². The van der Waals surface area contributed by atoms with Crippen molar-refractivity contribution in [2.45, 2.75) is 19.3 Å². The second-order valence-electron chi connectivity index (χ2n) is 8.13. The molecule has 9 nitrogen and oxygen atoms in total. The Bertz CT molecular complexity index is 1310. The summed E-state index contributed by atoms with van der Waals surface area (Å²) in [6, 6.07) is 24.4. The number of ether oxygens (including phenoxy) is 2. The van der Waals surface area contributed by atoms with Crippen LogP contribution in [0, 0.1) is 0 Å². The Labute approximate surface area is 212 Å². The van der Waals surface area contributed by atoms with Gasteiger partial charge in [-0.05, 0) is 11.1 Å². The number of likely N-dealkylation sites (tertiary alicyclic amines) is 1. The Morgan fingerprint density at radius 3 is 1.86 bits per heavy atom. The van der Waals surface area contributed by atoms with Gasteiger partial charge in [-0.3, -0.25) is 9.59 Å². The molecule has 188 valence electrons. The number of benzene rings is 3. The van der Waals surface area contributed by atoms with Crippen molar-refractivity contribution in [2.75, 3.05) is 6.54 Å². The van der Waals surface area contributed by atoms with Crippen LogP contribution in [0.2, 0.25) is 0 Å². The maximum atomic E-state index is 13.2. The Hall–Kier alpha value is -4.92. The van der Waals surface area contributed by atoms with E-state index in [0.717, 1.165) is 5.56 Å². The predicted molar refractivity (Wildman–Crippen MR) is 133 cm³/mol. The summed E-state index contributed by atoms with van der Waals surface area (Å²) in [6.45, 7) is -0.572. The molecule has 1 atom stereocenters. The monoisotopic (exact) mass is 500 g/mol. The Morgan fingerprint density at radius 2 is 1.30 bits per heavy atom. The van der Waals surface area contributed by atoms with Crippen LogP contribution >= 0.6 is 0 Å². The highest BCUT2D eigenvalue weighted by Crippen LogP contribution is 2.28. The summed E-state index contributed by atoms with van der Waals surface area (Å²) >= 11 is 0. The third-order valence-electron chi connectivity index (χ3n) is 5.63. The number of imide groups is 1. The summed E-state index contributed by atoms with van der Waals surface area (Å²) in [5.74, 6) is -2.41. The minimum atomic E-state index is -1.43. The van der Waals surface area contributed by atoms with E-state index in [1.54, 1.807) is 72.8 Å². The lowest BCUT2D eigenvalue weighted by Crippen LogP contribution is -2.47. The van der Waals surface area contributed by atoms with E-state index in [1.165, 1.54) is 12.1 Å². The topological polar surface area (TPSA) is 122 Å². The smallest absolute Gasteiger partial charge is 0.417 e. The van der Waals surface area contributed by atoms with Crippen LogP contribution in [-0.2, 0) is 32.3 Å². The zero-order chi connectivity index (χ0) is 26.2. The van der Waals surface area contributed by atoms with Crippen molar-refractivity contribution in [3.63, 3.8) is 0 Å². The molecule has 1 aliphatic heterocycles. The largest absolute Gasteiger partial charge is 0.506 e. The highest BCUT2D eigenvalue weighted by molar-refractivity contribution is 6.33. The second-order valence-corrected chi connectivity index (χ2v) is 8.13. The molecule has 0 aromatic heterocycles. The molecule has 1 saturated heterocycles. The van der Waals surface area contributed by atoms with Gasteiger partial charge in [0.25, 0.3) is 5.91 Å². The standard InChI is InChI=1S/C28H24N2O7/c31-24(21-14-8-3-9-15-21)23-25(32)22(16-29-27(34)36-17-19-10-4-1-5-11-19)30(26(23)33)28(35)37-18-20-12-6-2-7-13-20/h1-15,22,31H,16-18H2,(H,29,34). The van der Waals surface area contributed by atoms with Crippen LogP contribution in [0.25, 0.3) is 5.76 Å². The summed E-state index contributed by atoms with van der Waals surface area (Å²) in [5, 5.41) is 13.1. The third-order valence-corrected chi connectivity index (χ3v) is 5.63. The number of nitrogens with zero attached hydrogens (tertiary/aromatic N) is 1. The number of nitrogens with one attached hydrogen (secondary N) is 1. The lowest BCUT2D eigenvalue weighted by atomic mass is 10.0. The average Bonchev–Trinajstić information content (AvgIpc) is 3.19. The van der Waals surface area contributed by atoms with Crippen LogP contribution in [0.1, 0.15) is 16.7 Å². The molecule has 3 aromatic rings. The number of amides is 3. The van der Waals surface area contributed by atoms with Crippen molar-refractivity contribution in [1.29, 1.82) is 0 Å². The molecule has 37 heavy (non-hydrogen) atoms. The molecule has 0 saturated carbocycles. The van der Waals surface area contributed by atoms with E-state index in [0.29, 0.717) is 10.5 Å². The lowest BCUT2D eigenvalue weighted by Gasteiger charge is -2.21. The summed E-state index contributed by atoms with van der Waals surface area (Å²) in [7, 11) is 0. The van der Waals surface area contributed by atoms with Crippen LogP contribution in [-0.4, -0.2) is 46.5 Å². The molecule has 2 N–H and O–H groups in total. The zero-order valence-corrected chi connectivity index (χ0v) is 19.7. The van der Waals surface area contributed by atoms with Gasteiger partial charge in [0.2, 0.25) is 0 Å². The van der Waals surface area contributed by atoms with E-state index in [-0.39, 0.29) is 18.8 Å². The number of ketones is 1. The van der Waals surface area contributed by atoms with Crippen molar-refractivity contribution < 1.29 is 33.8 Å². The number of carbonyl (C=O) groups excluding carboxylic acids is 4. The summed E-state index contributed by atoms with van der Waals surface area (Å²) in [4.78, 5) is 52.2. The van der Waals surface area contributed by atoms with Gasteiger partial charge in [-0.25, -0.2) is 14.5 Å². The molecule has 0 spiro atoms. The van der Waals surface area contributed by atoms with E-state index in [2.05, 4.69) is 5.32 Å². The molecule has 1 unspecified atom stereocenters. The van der Waals surface area contributed by atoms with E-state index in [9.17, 15) is 24.3 Å². The van der Waals surface area contributed by atoms with Crippen LogP contribution in [0.3, 0.4) is 0 Å². The number of Topliss-reactive ketones (excluding diaryl/α,β-unsaturated/α-hetero) is 1. The van der Waals surface area contributed by atoms with Gasteiger partial charge in [0.15, 0.2) is 5.78 Å². The van der Waals surface area contributed by atoms with Crippen LogP contribution < -0.4 is 5.32 Å². The number of hydrogen-bond donors (Lipinski definition) is 2. The zero-order valence-electron chi connectivity index (χ0n) is 19.7. The van der Waals surface area contributed by atoms with Crippen molar-refractivity contribution in [2.24, 2.45) is 0 Å². The highest BCUT2D eigenvalue weighted by atomic mass is 16.6. The fourth-order valence-electron chi connectivity index (χ4n) is 3.75. The minimum absolute atomic E-state index is 0.00695. The van der Waals surface area contributed by atoms with E-state index >= 15 is 0 Å². The fraction of sp³-hybridized carbons (Fsp3) is 0.143. The van der Waals surface area contributed by atoms with Crippen molar-refractivity contribution >= 4 is 29.6 Å². The third kappa shape index (κ3) is 6.02. The van der Waals surface area contributed by atoms with Crippen molar-refractivity contribution in [1.82, 2.24) is 10.2 Å². The van der Waals surface area contributed by atoms with Crippen LogP contribution in [0.5, 0.6) is 0 Å². The maximum Gasteiger partial charge on any atom is 0.417 e. The van der Waals surface area contributed by atoms with Gasteiger partial charge in [0.1, 0.15) is 30.6 Å². The van der Waals surface area contributed by atoms with Gasteiger partial charge in [0, 0.05) is 12.1 Å². The van der Waals surface area contributed by atoms with Crippen LogP contribution in [0.4, 0.5) is 9.59 Å². The first-order chi connectivity index (χ1) is 18.0. The Kier molecular flexibility index (Phi) is 7.95. The quantitative estimate of drug-likeness (QED) is 0.286. The molecule has 9 heteroatoms. The molecule has 3 aromatic carbocycles. The molecule has 0 radical (unpaired) electrons. The predicted octanol–water partition coefficient (Wildman–Crippen LogP) is 4.00. The number of alkyl carbamates (subject to hydrolysis) is 1. The Morgan fingerprint density at radius 1 is 0.784 bits per heavy atom. The van der Waals surface area contributed by atoms with Gasteiger partial charge in [-0.15, -0.1) is 0 Å². The first kappa shape index (κ1) is 25.2. The average molecular weight is 501 g/mol. The van der Waals surface area contributed by atoms with Gasteiger partial charge in [-0.2, -0.15) is 0 Å². The molecule has 0 bridgehead atoms. The van der Waals surface area contributed by atoms with Gasteiger partial charge < -0.3 is 19.9 Å². The number of aliphatic hydroxyl groups excluding tert-OH is 1. The number of aliphatic hydroxyl groups is 1. The molecular weight excluding hydrogens is 476 g/mol. The van der Waals surface area contributed by atoms with E-state index in [4.69, 9.17) is 9.47 Å². The van der Waals surface area contributed by atoms with Crippen molar-refractivity contribution in [3.8, 4) is 0 Å². The number of carbonyl (C=O) groups is 4. The van der Waals surface area contributed by atoms with Gasteiger partial charge in [0.05, 0.1) is 0 Å². The fourth-order valence-corrected chi connectivity index (χ4v) is 3.75. The minimum Gasteiger partial charge on any atom is -0.506 e. The normalized spacial score (nSPS) is 16.3. The first-order valence-electron chi connectivity index (χ1n) is 11.5. The molecule has 1 heterocycles. The SMILES string of the molecule is O=C(NCC1C(=O)C(=C(O)c2ccccc2)C(=O)N1C(=O)OCc1ccccc1)OCc1ccccc1.